The van der Waals surface area contributed by atoms with Crippen LogP contribution in [0.3, 0.4) is 0 Å². The molecule has 11 heteroatoms. The van der Waals surface area contributed by atoms with E-state index in [9.17, 15) is 23.7 Å². The fourth-order valence-electron chi connectivity index (χ4n) is 5.81. The molecule has 270 valence electrons. The molecule has 0 saturated carbocycles. The van der Waals surface area contributed by atoms with Crippen LogP contribution in [0, 0.1) is 0 Å². The second-order valence-corrected chi connectivity index (χ2v) is 16.8. The lowest BCUT2D eigenvalue weighted by molar-refractivity contribution is -0.156. The van der Waals surface area contributed by atoms with E-state index in [1.807, 2.05) is 24.3 Å². The molecule has 1 N–H and O–H groups in total. The van der Waals surface area contributed by atoms with Gasteiger partial charge in [-0.15, -0.1) is 0 Å². The number of ketones is 1. The number of benzene rings is 3. The molecule has 4 rings (SSSR count). The smallest absolute Gasteiger partial charge is 0.308 e. The van der Waals surface area contributed by atoms with Crippen molar-refractivity contribution in [3.8, 4) is 0 Å². The second kappa shape index (κ2) is 16.6. The van der Waals surface area contributed by atoms with Crippen LogP contribution in [0.1, 0.15) is 83.9 Å². The standard InChI is InChI=1S/C40H48N3O7P/c1-8-31(32-23-24-41-43(38(32)47)26-28-17-15-16-22-33(28)39(2,3)4)37(46)42-34(25-36(45)50-40(5,6)7)35(44)27-49-51(48,29-18-11-9-12-19-29)30-20-13-10-14-21-30/h9-24,31,34H,8,25-27H2,1-7H3,(H,42,46)/t31?,34-/m0/s1. The quantitative estimate of drug-likeness (QED) is 0.128. The highest BCUT2D eigenvalue weighted by atomic mass is 31.2. The number of rotatable bonds is 14. The van der Waals surface area contributed by atoms with Gasteiger partial charge >= 0.3 is 5.97 Å². The van der Waals surface area contributed by atoms with E-state index in [2.05, 4.69) is 31.2 Å². The minimum absolute atomic E-state index is 0.168. The molecule has 51 heavy (non-hydrogen) atoms. The Balaban J connectivity index is 1.62. The Morgan fingerprint density at radius 1 is 0.843 bits per heavy atom. The van der Waals surface area contributed by atoms with Crippen LogP contribution in [0.5, 0.6) is 0 Å². The van der Waals surface area contributed by atoms with Crippen molar-refractivity contribution in [2.45, 2.75) is 90.8 Å². The van der Waals surface area contributed by atoms with Crippen LogP contribution in [-0.2, 0) is 40.2 Å². The number of esters is 1. The molecule has 1 heterocycles. The van der Waals surface area contributed by atoms with Gasteiger partial charge in [0.15, 0.2) is 5.78 Å². The molecule has 0 spiro atoms. The van der Waals surface area contributed by atoms with Crippen molar-refractivity contribution < 1.29 is 28.2 Å². The van der Waals surface area contributed by atoms with Crippen LogP contribution in [0.4, 0.5) is 0 Å². The van der Waals surface area contributed by atoms with Crippen LogP contribution in [0.15, 0.2) is 102 Å². The zero-order valence-electron chi connectivity index (χ0n) is 30.4. The summed E-state index contributed by atoms with van der Waals surface area (Å²) in [5, 5.41) is 7.79. The number of carbonyl (C=O) groups is 3. The molecule has 0 aliphatic carbocycles. The molecule has 2 atom stereocenters. The first-order valence-electron chi connectivity index (χ1n) is 17.1. The number of Topliss-reactive ketones (excluding diaryl/α,β-unsaturated/α-hetero) is 1. The molecular weight excluding hydrogens is 665 g/mol. The number of ether oxygens (including phenoxy) is 1. The van der Waals surface area contributed by atoms with E-state index in [1.165, 1.54) is 16.9 Å². The molecule has 1 amide bonds. The lowest BCUT2D eigenvalue weighted by Crippen LogP contribution is -2.47. The number of aromatic nitrogens is 2. The van der Waals surface area contributed by atoms with Crippen molar-refractivity contribution >= 4 is 35.6 Å². The van der Waals surface area contributed by atoms with E-state index in [0.29, 0.717) is 10.6 Å². The average Bonchev–Trinajstić information content (AvgIpc) is 3.08. The number of nitrogens with zero attached hydrogens (tertiary/aromatic N) is 2. The largest absolute Gasteiger partial charge is 0.460 e. The predicted octanol–water partition coefficient (Wildman–Crippen LogP) is 5.81. The molecule has 1 unspecified atom stereocenters. The molecule has 0 fully saturated rings. The van der Waals surface area contributed by atoms with Gasteiger partial charge in [-0.05, 0) is 74.1 Å². The van der Waals surface area contributed by atoms with E-state index in [4.69, 9.17) is 9.26 Å². The summed E-state index contributed by atoms with van der Waals surface area (Å²) in [4.78, 5) is 54.6. The molecule has 3 aromatic carbocycles. The zero-order chi connectivity index (χ0) is 37.4. The number of hydrogen-bond acceptors (Lipinski definition) is 8. The van der Waals surface area contributed by atoms with Crippen LogP contribution in [0.2, 0.25) is 0 Å². The Kier molecular flexibility index (Phi) is 12.7. The maximum atomic E-state index is 14.4. The number of nitrogens with one attached hydrogen (secondary N) is 1. The molecule has 0 saturated heterocycles. The molecule has 1 aromatic heterocycles. The number of carbonyl (C=O) groups excluding carboxylic acids is 3. The van der Waals surface area contributed by atoms with Gasteiger partial charge in [-0.2, -0.15) is 5.10 Å². The summed E-state index contributed by atoms with van der Waals surface area (Å²) in [6.07, 6.45) is 1.21. The monoisotopic (exact) mass is 713 g/mol. The van der Waals surface area contributed by atoms with Gasteiger partial charge < -0.3 is 14.6 Å². The van der Waals surface area contributed by atoms with Gasteiger partial charge in [-0.1, -0.05) is 88.4 Å². The highest BCUT2D eigenvalue weighted by Crippen LogP contribution is 2.44. The molecule has 0 aliphatic heterocycles. The van der Waals surface area contributed by atoms with Gasteiger partial charge in [-0.3, -0.25) is 23.7 Å². The Morgan fingerprint density at radius 2 is 1.41 bits per heavy atom. The average molecular weight is 714 g/mol. The lowest BCUT2D eigenvalue weighted by Gasteiger charge is -2.25. The lowest BCUT2D eigenvalue weighted by atomic mass is 9.84. The van der Waals surface area contributed by atoms with Crippen molar-refractivity contribution in [1.29, 1.82) is 0 Å². The van der Waals surface area contributed by atoms with Crippen LogP contribution in [0.25, 0.3) is 0 Å². The molecule has 0 bridgehead atoms. The number of amides is 1. The summed E-state index contributed by atoms with van der Waals surface area (Å²) in [5.41, 5.74) is 0.758. The maximum Gasteiger partial charge on any atom is 0.308 e. The first kappa shape index (κ1) is 39.1. The van der Waals surface area contributed by atoms with Gasteiger partial charge in [0.05, 0.1) is 18.9 Å². The summed E-state index contributed by atoms with van der Waals surface area (Å²) in [6.45, 7) is 12.7. The highest BCUT2D eigenvalue weighted by Gasteiger charge is 2.34. The van der Waals surface area contributed by atoms with Gasteiger partial charge in [0.2, 0.25) is 5.91 Å². The van der Waals surface area contributed by atoms with Crippen LogP contribution in [-0.4, -0.2) is 45.7 Å². The van der Waals surface area contributed by atoms with Gasteiger partial charge in [0, 0.05) is 22.4 Å². The first-order chi connectivity index (χ1) is 24.0. The molecular formula is C40H48N3O7P. The van der Waals surface area contributed by atoms with E-state index in [-0.39, 0.29) is 23.9 Å². The summed E-state index contributed by atoms with van der Waals surface area (Å²) in [7, 11) is -3.75. The van der Waals surface area contributed by atoms with Crippen molar-refractivity contribution in [2.75, 3.05) is 6.61 Å². The first-order valence-corrected chi connectivity index (χ1v) is 18.7. The number of hydrogen-bond donors (Lipinski definition) is 1. The topological polar surface area (TPSA) is 134 Å². The minimum Gasteiger partial charge on any atom is -0.460 e. The van der Waals surface area contributed by atoms with Crippen molar-refractivity contribution in [2.24, 2.45) is 0 Å². The Bertz CT molecular complexity index is 1890. The fourth-order valence-corrected chi connectivity index (χ4v) is 7.85. The maximum absolute atomic E-state index is 14.4. The summed E-state index contributed by atoms with van der Waals surface area (Å²) < 4.78 is 27.2. The van der Waals surface area contributed by atoms with E-state index in [0.717, 1.165) is 11.1 Å². The van der Waals surface area contributed by atoms with Crippen molar-refractivity contribution in [1.82, 2.24) is 15.1 Å². The molecule has 0 aliphatic rings. The second-order valence-electron chi connectivity index (χ2n) is 14.4. The third-order valence-corrected chi connectivity index (χ3v) is 10.7. The highest BCUT2D eigenvalue weighted by molar-refractivity contribution is 7.74. The summed E-state index contributed by atoms with van der Waals surface area (Å²) >= 11 is 0. The molecule has 10 nitrogen and oxygen atoms in total. The van der Waals surface area contributed by atoms with Crippen molar-refractivity contribution in [3.63, 3.8) is 0 Å². The normalized spacial score (nSPS) is 13.2. The van der Waals surface area contributed by atoms with Crippen LogP contribution < -0.4 is 21.5 Å². The van der Waals surface area contributed by atoms with Gasteiger partial charge in [0.25, 0.3) is 12.9 Å². The van der Waals surface area contributed by atoms with E-state index >= 15 is 0 Å². The molecule has 4 aromatic rings. The third-order valence-electron chi connectivity index (χ3n) is 8.26. The van der Waals surface area contributed by atoms with Gasteiger partial charge in [-0.25, -0.2) is 4.68 Å². The Labute approximate surface area is 300 Å². The van der Waals surface area contributed by atoms with Crippen LogP contribution >= 0.6 is 7.37 Å². The Hall–Kier alpha value is -4.66. The fraction of sp³-hybridized carbons (Fsp3) is 0.375. The Morgan fingerprint density at radius 3 is 1.96 bits per heavy atom. The summed E-state index contributed by atoms with van der Waals surface area (Å²) in [6, 6.07) is 25.1. The predicted molar refractivity (Wildman–Crippen MR) is 199 cm³/mol. The SMILES string of the molecule is CCC(C(=O)N[C@@H](CC(=O)OC(C)(C)C)C(=O)COP(=O)(c1ccccc1)c1ccccc1)c1ccnn(Cc2ccccc2C(C)(C)C)c1=O. The minimum atomic E-state index is -3.75. The van der Waals surface area contributed by atoms with Gasteiger partial charge in [0.1, 0.15) is 18.2 Å². The zero-order valence-corrected chi connectivity index (χ0v) is 31.3. The van der Waals surface area contributed by atoms with E-state index in [1.54, 1.807) is 88.4 Å². The third kappa shape index (κ3) is 10.2. The van der Waals surface area contributed by atoms with Crippen molar-refractivity contribution in [3.05, 3.63) is 124 Å². The van der Waals surface area contributed by atoms with E-state index < -0.39 is 61.2 Å². The molecule has 0 radical (unpaired) electrons. The summed E-state index contributed by atoms with van der Waals surface area (Å²) in [5.74, 6) is -2.98.